The van der Waals surface area contributed by atoms with Crippen molar-refractivity contribution in [1.82, 2.24) is 19.6 Å². The first-order valence-corrected chi connectivity index (χ1v) is 11.4. The lowest BCUT2D eigenvalue weighted by molar-refractivity contribution is -0.140. The molecule has 1 atom stereocenters. The zero-order chi connectivity index (χ0) is 23.0. The normalized spacial score (nSPS) is 21.5. The quantitative estimate of drug-likeness (QED) is 0.442. The lowest BCUT2D eigenvalue weighted by Crippen LogP contribution is -2.39. The molecule has 2 aliphatic rings. The number of hydrogen-bond acceptors (Lipinski definition) is 5. The Kier molecular flexibility index (Phi) is 6.20. The molecule has 1 unspecified atom stereocenters. The van der Waals surface area contributed by atoms with Gasteiger partial charge in [0.15, 0.2) is 0 Å². The third-order valence-electron chi connectivity index (χ3n) is 6.78. The maximum absolute atomic E-state index is 13.2. The Morgan fingerprint density at radius 3 is 2.28 bits per heavy atom. The number of benzene rings is 1. The summed E-state index contributed by atoms with van der Waals surface area (Å²) in [4.78, 5) is 30.3. The highest BCUT2D eigenvalue weighted by Gasteiger charge is 2.46. The first-order chi connectivity index (χ1) is 15.3. The highest BCUT2D eigenvalue weighted by Crippen LogP contribution is 2.40. The van der Waals surface area contributed by atoms with Gasteiger partial charge in [0.25, 0.3) is 11.7 Å². The Hall–Kier alpha value is -2.93. The SMILES string of the molecule is Cc1ccc(C2/C(=C(\O)c3c(C)nn(C)c3C)C(=O)C(=O)N2CCN2CCCCC2)cc1. The van der Waals surface area contributed by atoms with Crippen LogP contribution in [0.2, 0.25) is 0 Å². The van der Waals surface area contributed by atoms with Gasteiger partial charge in [-0.05, 0) is 52.3 Å². The number of aliphatic hydroxyl groups is 1. The van der Waals surface area contributed by atoms with E-state index in [1.54, 1.807) is 23.6 Å². The molecule has 2 fully saturated rings. The number of aliphatic hydroxyl groups excluding tert-OH is 1. The minimum absolute atomic E-state index is 0.141. The fraction of sp³-hybridized carbons (Fsp3) is 0.480. The molecule has 2 aromatic rings. The van der Waals surface area contributed by atoms with E-state index >= 15 is 0 Å². The Morgan fingerprint density at radius 1 is 1.03 bits per heavy atom. The highest BCUT2D eigenvalue weighted by atomic mass is 16.3. The number of aryl methyl sites for hydroxylation is 3. The minimum atomic E-state index is -0.630. The molecule has 0 bridgehead atoms. The van der Waals surface area contributed by atoms with Crippen LogP contribution in [-0.4, -0.2) is 62.6 Å². The second-order valence-electron chi connectivity index (χ2n) is 8.97. The van der Waals surface area contributed by atoms with Crippen molar-refractivity contribution in [2.45, 2.75) is 46.1 Å². The van der Waals surface area contributed by atoms with Gasteiger partial charge in [0, 0.05) is 25.8 Å². The van der Waals surface area contributed by atoms with Crippen LogP contribution in [0.1, 0.15) is 53.4 Å². The summed E-state index contributed by atoms with van der Waals surface area (Å²) >= 11 is 0. The van der Waals surface area contributed by atoms with E-state index < -0.39 is 17.7 Å². The summed E-state index contributed by atoms with van der Waals surface area (Å²) in [5.74, 6) is -1.32. The number of aromatic nitrogens is 2. The summed E-state index contributed by atoms with van der Waals surface area (Å²) in [6.07, 6.45) is 3.58. The summed E-state index contributed by atoms with van der Waals surface area (Å²) in [6, 6.07) is 7.22. The third kappa shape index (κ3) is 3.97. The molecule has 32 heavy (non-hydrogen) atoms. The Balaban J connectivity index is 1.77. The molecular weight excluding hydrogens is 404 g/mol. The van der Waals surface area contributed by atoms with Crippen molar-refractivity contribution in [1.29, 1.82) is 0 Å². The van der Waals surface area contributed by atoms with Crippen LogP contribution in [0.4, 0.5) is 0 Å². The number of hydrogen-bond donors (Lipinski definition) is 1. The number of ketones is 1. The Morgan fingerprint density at radius 2 is 1.69 bits per heavy atom. The molecule has 2 aliphatic heterocycles. The topological polar surface area (TPSA) is 78.7 Å². The van der Waals surface area contributed by atoms with E-state index in [-0.39, 0.29) is 11.3 Å². The largest absolute Gasteiger partial charge is 0.507 e. The van der Waals surface area contributed by atoms with E-state index in [4.69, 9.17) is 0 Å². The first-order valence-electron chi connectivity index (χ1n) is 11.4. The van der Waals surface area contributed by atoms with Crippen LogP contribution in [-0.2, 0) is 16.6 Å². The van der Waals surface area contributed by atoms with Crippen molar-refractivity contribution < 1.29 is 14.7 Å². The number of likely N-dealkylation sites (tertiary alicyclic amines) is 2. The van der Waals surface area contributed by atoms with E-state index in [0.29, 0.717) is 17.8 Å². The maximum Gasteiger partial charge on any atom is 0.295 e. The van der Waals surface area contributed by atoms with Gasteiger partial charge >= 0.3 is 0 Å². The van der Waals surface area contributed by atoms with Crippen molar-refractivity contribution in [3.8, 4) is 0 Å². The van der Waals surface area contributed by atoms with Gasteiger partial charge in [-0.1, -0.05) is 36.2 Å². The van der Waals surface area contributed by atoms with Gasteiger partial charge in [0.2, 0.25) is 0 Å². The predicted octanol–water partition coefficient (Wildman–Crippen LogP) is 3.25. The Bertz CT molecular complexity index is 1060. The average Bonchev–Trinajstić information content (AvgIpc) is 3.18. The van der Waals surface area contributed by atoms with Crippen LogP contribution in [0.5, 0.6) is 0 Å². The molecule has 7 nitrogen and oxygen atoms in total. The molecule has 1 amide bonds. The van der Waals surface area contributed by atoms with Gasteiger partial charge in [-0.2, -0.15) is 5.10 Å². The molecule has 0 aliphatic carbocycles. The van der Waals surface area contributed by atoms with Gasteiger partial charge in [-0.25, -0.2) is 0 Å². The van der Waals surface area contributed by atoms with Crippen LogP contribution in [0.15, 0.2) is 29.8 Å². The van der Waals surface area contributed by atoms with E-state index in [1.807, 2.05) is 38.1 Å². The molecule has 1 aromatic carbocycles. The summed E-state index contributed by atoms with van der Waals surface area (Å²) in [5, 5.41) is 15.7. The molecule has 0 saturated carbocycles. The van der Waals surface area contributed by atoms with Crippen molar-refractivity contribution in [2.75, 3.05) is 26.2 Å². The highest BCUT2D eigenvalue weighted by molar-refractivity contribution is 6.46. The van der Waals surface area contributed by atoms with Gasteiger partial charge in [0.1, 0.15) is 5.76 Å². The monoisotopic (exact) mass is 436 g/mol. The third-order valence-corrected chi connectivity index (χ3v) is 6.78. The molecule has 0 spiro atoms. The van der Waals surface area contributed by atoms with Gasteiger partial charge < -0.3 is 14.9 Å². The zero-order valence-electron chi connectivity index (χ0n) is 19.4. The molecule has 0 radical (unpaired) electrons. The molecule has 3 heterocycles. The maximum atomic E-state index is 13.2. The van der Waals surface area contributed by atoms with Crippen LogP contribution < -0.4 is 0 Å². The first kappa shape index (κ1) is 22.3. The number of carbonyl (C=O) groups is 2. The zero-order valence-corrected chi connectivity index (χ0v) is 19.4. The summed E-state index contributed by atoms with van der Waals surface area (Å²) in [5.41, 5.74) is 3.98. The van der Waals surface area contributed by atoms with Crippen molar-refractivity contribution >= 4 is 17.4 Å². The van der Waals surface area contributed by atoms with Gasteiger partial charge in [-0.15, -0.1) is 0 Å². The number of Topliss-reactive ketones (excluding diaryl/α,β-unsaturated/α-hetero) is 1. The van der Waals surface area contributed by atoms with E-state index in [9.17, 15) is 14.7 Å². The van der Waals surface area contributed by atoms with E-state index in [2.05, 4.69) is 10.00 Å². The summed E-state index contributed by atoms with van der Waals surface area (Å²) < 4.78 is 1.68. The minimum Gasteiger partial charge on any atom is -0.507 e. The molecule has 7 heteroatoms. The fourth-order valence-corrected chi connectivity index (χ4v) is 4.89. The summed E-state index contributed by atoms with van der Waals surface area (Å²) in [6.45, 7) is 8.86. The predicted molar refractivity (Wildman–Crippen MR) is 123 cm³/mol. The van der Waals surface area contributed by atoms with Crippen molar-refractivity contribution in [3.05, 3.63) is 57.9 Å². The molecule has 4 rings (SSSR count). The smallest absolute Gasteiger partial charge is 0.295 e. The number of amides is 1. The molecule has 1 N–H and O–H groups in total. The van der Waals surface area contributed by atoms with Crippen LogP contribution in [0.25, 0.3) is 5.76 Å². The van der Waals surface area contributed by atoms with Gasteiger partial charge in [-0.3, -0.25) is 14.3 Å². The Labute approximate surface area is 189 Å². The number of piperidine rings is 1. The van der Waals surface area contributed by atoms with Crippen LogP contribution in [0.3, 0.4) is 0 Å². The molecule has 2 saturated heterocycles. The van der Waals surface area contributed by atoms with Gasteiger partial charge in [0.05, 0.1) is 22.9 Å². The van der Waals surface area contributed by atoms with Crippen LogP contribution in [0, 0.1) is 20.8 Å². The lowest BCUT2D eigenvalue weighted by atomic mass is 9.94. The average molecular weight is 437 g/mol. The number of carbonyl (C=O) groups excluding carboxylic acids is 2. The second kappa shape index (κ2) is 8.90. The van der Waals surface area contributed by atoms with Crippen molar-refractivity contribution in [2.24, 2.45) is 7.05 Å². The second-order valence-corrected chi connectivity index (χ2v) is 8.97. The molecular formula is C25H32N4O3. The van der Waals surface area contributed by atoms with Crippen LogP contribution >= 0.6 is 0 Å². The van der Waals surface area contributed by atoms with Crippen molar-refractivity contribution in [3.63, 3.8) is 0 Å². The number of rotatable bonds is 5. The van der Waals surface area contributed by atoms with E-state index in [0.717, 1.165) is 36.5 Å². The summed E-state index contributed by atoms with van der Waals surface area (Å²) in [7, 11) is 1.80. The standard InChI is InChI=1S/C25H32N4O3/c1-16-8-10-19(11-9-16)22-21(23(30)20-17(2)26-27(4)18(20)3)24(31)25(32)29(22)15-14-28-12-6-5-7-13-28/h8-11,22,30H,5-7,12-15H2,1-4H3/b23-21+. The molecule has 170 valence electrons. The lowest BCUT2D eigenvalue weighted by Gasteiger charge is -2.31. The number of nitrogens with zero attached hydrogens (tertiary/aromatic N) is 4. The fourth-order valence-electron chi connectivity index (χ4n) is 4.89. The van der Waals surface area contributed by atoms with E-state index in [1.165, 1.54) is 19.3 Å². The molecule has 1 aromatic heterocycles.